The Morgan fingerprint density at radius 1 is 0.935 bits per heavy atom. The first-order valence-electron chi connectivity index (χ1n) is 12.5. The van der Waals surface area contributed by atoms with Crippen LogP contribution in [0, 0.1) is 17.8 Å². The minimum absolute atomic E-state index is 0.515. The van der Waals surface area contributed by atoms with Crippen molar-refractivity contribution in [1.29, 1.82) is 0 Å². The van der Waals surface area contributed by atoms with Crippen molar-refractivity contribution in [2.24, 2.45) is 28.0 Å². The van der Waals surface area contributed by atoms with Gasteiger partial charge in [0, 0.05) is 5.92 Å². The van der Waals surface area contributed by atoms with Gasteiger partial charge in [0.05, 0.1) is 11.9 Å². The summed E-state index contributed by atoms with van der Waals surface area (Å²) in [6, 6.07) is 19.4. The third-order valence-electron chi connectivity index (χ3n) is 6.95. The van der Waals surface area contributed by atoms with Crippen LogP contribution in [0.3, 0.4) is 0 Å². The Labute approximate surface area is 189 Å². The van der Waals surface area contributed by atoms with Crippen molar-refractivity contribution in [1.82, 2.24) is 0 Å². The zero-order valence-corrected chi connectivity index (χ0v) is 19.8. The first-order valence-corrected chi connectivity index (χ1v) is 12.5. The first kappa shape index (κ1) is 23.4. The van der Waals surface area contributed by atoms with Gasteiger partial charge in [-0.1, -0.05) is 94.6 Å². The number of aryl methyl sites for hydroxylation is 1. The van der Waals surface area contributed by atoms with Gasteiger partial charge < -0.3 is 0 Å². The first-order chi connectivity index (χ1) is 15.2. The Hall–Kier alpha value is -2.22. The summed E-state index contributed by atoms with van der Waals surface area (Å²) in [7, 11) is 0. The second-order valence-electron chi connectivity index (χ2n) is 9.32. The highest BCUT2D eigenvalue weighted by molar-refractivity contribution is 6.02. The van der Waals surface area contributed by atoms with Gasteiger partial charge in [-0.3, -0.25) is 0 Å². The number of nitrogens with zero attached hydrogens (tertiary/aromatic N) is 2. The maximum atomic E-state index is 4.78. The fourth-order valence-corrected chi connectivity index (χ4v) is 4.95. The second kappa shape index (κ2) is 12.6. The maximum Gasteiger partial charge on any atom is 0.0733 e. The van der Waals surface area contributed by atoms with Crippen LogP contribution in [0.2, 0.25) is 0 Å². The van der Waals surface area contributed by atoms with Crippen molar-refractivity contribution >= 4 is 11.9 Å². The summed E-state index contributed by atoms with van der Waals surface area (Å²) in [4.78, 5) is 0. The highest BCUT2D eigenvalue weighted by Gasteiger charge is 2.28. The van der Waals surface area contributed by atoms with E-state index in [9.17, 15) is 0 Å². The van der Waals surface area contributed by atoms with Gasteiger partial charge in [0.15, 0.2) is 0 Å². The average Bonchev–Trinajstić information content (AvgIpc) is 2.82. The minimum atomic E-state index is 0.515. The van der Waals surface area contributed by atoms with Crippen molar-refractivity contribution in [2.75, 3.05) is 0 Å². The van der Waals surface area contributed by atoms with Crippen molar-refractivity contribution in [2.45, 2.75) is 78.6 Å². The molecule has 1 saturated carbocycles. The molecule has 0 saturated heterocycles. The van der Waals surface area contributed by atoms with Gasteiger partial charge in [-0.05, 0) is 67.1 Å². The zero-order valence-electron chi connectivity index (χ0n) is 19.8. The average molecular weight is 417 g/mol. The van der Waals surface area contributed by atoms with Crippen LogP contribution in [0.1, 0.15) is 88.8 Å². The molecule has 1 aliphatic rings. The lowest BCUT2D eigenvalue weighted by Crippen LogP contribution is -2.25. The largest absolute Gasteiger partial charge is 0.158 e. The molecule has 0 bridgehead atoms. The summed E-state index contributed by atoms with van der Waals surface area (Å²) < 4.78 is 0. The summed E-state index contributed by atoms with van der Waals surface area (Å²) >= 11 is 0. The number of rotatable bonds is 10. The van der Waals surface area contributed by atoms with Crippen molar-refractivity contribution < 1.29 is 0 Å². The summed E-state index contributed by atoms with van der Waals surface area (Å²) in [5, 5.41) is 9.31. The van der Waals surface area contributed by atoms with E-state index in [0.29, 0.717) is 5.92 Å². The highest BCUT2D eigenvalue weighted by Crippen LogP contribution is 2.36. The van der Waals surface area contributed by atoms with E-state index in [0.717, 1.165) is 29.5 Å². The molecule has 0 heterocycles. The van der Waals surface area contributed by atoms with Gasteiger partial charge in [0.25, 0.3) is 0 Å². The fraction of sp³-hybridized carbons (Fsp3) is 0.517. The molecule has 2 aromatic carbocycles. The standard InChI is InChI=1S/C29H40N2/c1-4-6-11-24-14-16-25(17-15-24)22-30-31-29(27-12-8-7-9-13-27)28-20-18-26(19-21-28)23(3)10-5-2/h7-9,12-17,22-23,26,28H,4-6,10-11,18-21H2,1-3H3/t23?,26-,28-. The summed E-state index contributed by atoms with van der Waals surface area (Å²) in [5.74, 6) is 2.24. The summed E-state index contributed by atoms with van der Waals surface area (Å²) in [6.07, 6.45) is 13.3. The molecule has 3 rings (SSSR count). The van der Waals surface area contributed by atoms with Crippen molar-refractivity contribution in [3.63, 3.8) is 0 Å². The summed E-state index contributed by atoms with van der Waals surface area (Å²) in [5.41, 5.74) is 4.91. The van der Waals surface area contributed by atoms with Crippen LogP contribution >= 0.6 is 0 Å². The molecule has 1 unspecified atom stereocenters. The van der Waals surface area contributed by atoms with E-state index in [2.05, 4.69) is 80.5 Å². The van der Waals surface area contributed by atoms with Crippen LogP contribution in [0.4, 0.5) is 0 Å². The van der Waals surface area contributed by atoms with Crippen molar-refractivity contribution in [3.05, 3.63) is 71.3 Å². The normalized spacial score (nSPS) is 20.8. The van der Waals surface area contributed by atoms with E-state index in [4.69, 9.17) is 5.10 Å². The SMILES string of the molecule is CCCCc1ccc(C=NN=C(c2ccccc2)[C@H]2CC[C@H](C(C)CCC)CC2)cc1. The van der Waals surface area contributed by atoms with E-state index in [1.165, 1.54) is 62.5 Å². The van der Waals surface area contributed by atoms with Crippen LogP contribution in [0.15, 0.2) is 64.8 Å². The maximum absolute atomic E-state index is 4.78. The van der Waals surface area contributed by atoms with Crippen molar-refractivity contribution in [3.8, 4) is 0 Å². The zero-order chi connectivity index (χ0) is 21.9. The van der Waals surface area contributed by atoms with Crippen LogP contribution in [-0.2, 0) is 6.42 Å². The Balaban J connectivity index is 1.70. The van der Waals surface area contributed by atoms with E-state index < -0.39 is 0 Å². The van der Waals surface area contributed by atoms with E-state index >= 15 is 0 Å². The molecule has 1 aliphatic carbocycles. The van der Waals surface area contributed by atoms with Gasteiger partial charge >= 0.3 is 0 Å². The molecule has 2 heteroatoms. The lowest BCUT2D eigenvalue weighted by atomic mass is 9.73. The van der Waals surface area contributed by atoms with Crippen LogP contribution in [0.25, 0.3) is 0 Å². The molecule has 0 radical (unpaired) electrons. The van der Waals surface area contributed by atoms with Gasteiger partial charge in [-0.25, -0.2) is 0 Å². The summed E-state index contributed by atoms with van der Waals surface area (Å²) in [6.45, 7) is 6.99. The fourth-order valence-electron chi connectivity index (χ4n) is 4.95. The monoisotopic (exact) mass is 416 g/mol. The van der Waals surface area contributed by atoms with E-state index in [1.54, 1.807) is 0 Å². The molecule has 0 spiro atoms. The Morgan fingerprint density at radius 3 is 2.29 bits per heavy atom. The van der Waals surface area contributed by atoms with Crippen LogP contribution < -0.4 is 0 Å². The minimum Gasteiger partial charge on any atom is -0.158 e. The van der Waals surface area contributed by atoms with Gasteiger partial charge in [-0.15, -0.1) is 0 Å². The third-order valence-corrected chi connectivity index (χ3v) is 6.95. The number of hydrogen-bond acceptors (Lipinski definition) is 2. The molecular formula is C29H40N2. The second-order valence-corrected chi connectivity index (χ2v) is 9.32. The molecule has 0 amide bonds. The molecule has 31 heavy (non-hydrogen) atoms. The Bertz CT molecular complexity index is 812. The van der Waals surface area contributed by atoms with E-state index in [-0.39, 0.29) is 0 Å². The molecule has 0 N–H and O–H groups in total. The van der Waals surface area contributed by atoms with Crippen LogP contribution in [0.5, 0.6) is 0 Å². The molecule has 0 aromatic heterocycles. The van der Waals surface area contributed by atoms with Crippen LogP contribution in [-0.4, -0.2) is 11.9 Å². The predicted octanol–water partition coefficient (Wildman–Crippen LogP) is 8.10. The van der Waals surface area contributed by atoms with Gasteiger partial charge in [0.2, 0.25) is 0 Å². The van der Waals surface area contributed by atoms with Gasteiger partial charge in [0.1, 0.15) is 0 Å². The molecule has 0 aliphatic heterocycles. The molecular weight excluding hydrogens is 376 g/mol. The molecule has 2 nitrogen and oxygen atoms in total. The van der Waals surface area contributed by atoms with Gasteiger partial charge in [-0.2, -0.15) is 10.2 Å². The Morgan fingerprint density at radius 2 is 1.65 bits per heavy atom. The molecule has 1 fully saturated rings. The predicted molar refractivity (Wildman–Crippen MR) is 135 cm³/mol. The molecule has 166 valence electrons. The van der Waals surface area contributed by atoms with E-state index in [1.807, 2.05) is 6.21 Å². The number of unbranched alkanes of at least 4 members (excludes halogenated alkanes) is 1. The smallest absolute Gasteiger partial charge is 0.0733 e. The Kier molecular flexibility index (Phi) is 9.52. The molecule has 1 atom stereocenters. The third kappa shape index (κ3) is 7.16. The molecule has 2 aromatic rings. The highest BCUT2D eigenvalue weighted by atomic mass is 15.2. The lowest BCUT2D eigenvalue weighted by Gasteiger charge is -2.32. The lowest BCUT2D eigenvalue weighted by molar-refractivity contribution is 0.232. The quantitative estimate of drug-likeness (QED) is 0.276. The number of benzene rings is 2. The topological polar surface area (TPSA) is 24.7 Å². The number of hydrogen-bond donors (Lipinski definition) is 0.